The molecule has 1 rings (SSSR count). The average Bonchev–Trinajstić information content (AvgIpc) is 3.04. The number of allylic oxidation sites excluding steroid dienone is 5. The molecule has 0 N–H and O–H groups in total. The van der Waals surface area contributed by atoms with Crippen LogP contribution in [0, 0.1) is 0 Å². The third kappa shape index (κ3) is 11.4. The Balaban J connectivity index is 1.85. The van der Waals surface area contributed by atoms with Crippen LogP contribution >= 0.6 is 0 Å². The van der Waals surface area contributed by atoms with E-state index >= 15 is 0 Å². The van der Waals surface area contributed by atoms with Gasteiger partial charge in [-0.1, -0.05) is 88.7 Å². The van der Waals surface area contributed by atoms with Crippen molar-refractivity contribution in [2.24, 2.45) is 4.99 Å². The van der Waals surface area contributed by atoms with Crippen molar-refractivity contribution in [1.82, 2.24) is 0 Å². The SMILES string of the molecule is CCCCCCCCCCCC=CC=CC=CC1=NCCO1. The Morgan fingerprint density at radius 2 is 1.55 bits per heavy atom. The minimum Gasteiger partial charge on any atom is -0.476 e. The molecule has 1 heterocycles. The van der Waals surface area contributed by atoms with Crippen LogP contribution in [0.5, 0.6) is 0 Å². The molecule has 0 unspecified atom stereocenters. The maximum absolute atomic E-state index is 5.28. The topological polar surface area (TPSA) is 21.6 Å². The van der Waals surface area contributed by atoms with Gasteiger partial charge in [0.25, 0.3) is 0 Å². The molecule has 0 amide bonds. The monoisotopic (exact) mass is 303 g/mol. The van der Waals surface area contributed by atoms with Crippen molar-refractivity contribution < 1.29 is 4.74 Å². The van der Waals surface area contributed by atoms with Crippen LogP contribution in [0.15, 0.2) is 41.4 Å². The molecule has 0 saturated carbocycles. The van der Waals surface area contributed by atoms with E-state index in [1.54, 1.807) is 0 Å². The molecular weight excluding hydrogens is 270 g/mol. The smallest absolute Gasteiger partial charge is 0.208 e. The van der Waals surface area contributed by atoms with Gasteiger partial charge in [0.15, 0.2) is 0 Å². The van der Waals surface area contributed by atoms with Crippen LogP contribution in [0.4, 0.5) is 0 Å². The quantitative estimate of drug-likeness (QED) is 0.302. The third-order valence-electron chi connectivity index (χ3n) is 3.79. The number of ether oxygens (including phenoxy) is 1. The molecule has 0 aliphatic carbocycles. The Hall–Kier alpha value is -1.31. The summed E-state index contributed by atoms with van der Waals surface area (Å²) in [6, 6.07) is 0. The lowest BCUT2D eigenvalue weighted by atomic mass is 10.1. The fourth-order valence-electron chi connectivity index (χ4n) is 2.47. The predicted molar refractivity (Wildman–Crippen MR) is 97.5 cm³/mol. The molecule has 0 bridgehead atoms. The molecule has 22 heavy (non-hydrogen) atoms. The highest BCUT2D eigenvalue weighted by molar-refractivity contribution is 5.88. The van der Waals surface area contributed by atoms with Gasteiger partial charge in [-0.3, -0.25) is 0 Å². The standard InChI is InChI=1S/C20H33NO/c1-2-3-4-5-6-7-8-9-10-11-12-13-14-15-16-17-20-21-18-19-22-20/h12-17H,2-11,18-19H2,1H3. The fourth-order valence-corrected chi connectivity index (χ4v) is 2.47. The van der Waals surface area contributed by atoms with E-state index in [-0.39, 0.29) is 0 Å². The molecule has 0 aromatic carbocycles. The second-order valence-electron chi connectivity index (χ2n) is 5.86. The van der Waals surface area contributed by atoms with Crippen molar-refractivity contribution >= 4 is 5.90 Å². The molecule has 0 saturated heterocycles. The molecule has 0 radical (unpaired) electrons. The van der Waals surface area contributed by atoms with Crippen molar-refractivity contribution in [2.45, 2.75) is 71.1 Å². The van der Waals surface area contributed by atoms with E-state index in [2.05, 4.69) is 30.1 Å². The third-order valence-corrected chi connectivity index (χ3v) is 3.79. The molecule has 1 aliphatic rings. The van der Waals surface area contributed by atoms with Crippen molar-refractivity contribution in [2.75, 3.05) is 13.2 Å². The lowest BCUT2D eigenvalue weighted by molar-refractivity contribution is 0.350. The Kier molecular flexibility index (Phi) is 12.5. The first-order valence-corrected chi connectivity index (χ1v) is 9.10. The second kappa shape index (κ2) is 14.6. The summed E-state index contributed by atoms with van der Waals surface area (Å²) in [4.78, 5) is 4.19. The summed E-state index contributed by atoms with van der Waals surface area (Å²) >= 11 is 0. The summed E-state index contributed by atoms with van der Waals surface area (Å²) in [5.41, 5.74) is 0. The average molecular weight is 303 g/mol. The highest BCUT2D eigenvalue weighted by atomic mass is 16.5. The van der Waals surface area contributed by atoms with Crippen LogP contribution in [0.25, 0.3) is 0 Å². The highest BCUT2D eigenvalue weighted by Gasteiger charge is 2.00. The Morgan fingerprint density at radius 1 is 0.864 bits per heavy atom. The van der Waals surface area contributed by atoms with Crippen molar-refractivity contribution in [1.29, 1.82) is 0 Å². The summed E-state index contributed by atoms with van der Waals surface area (Å²) in [6.07, 6.45) is 26.1. The molecular formula is C20H33NO. The van der Waals surface area contributed by atoms with E-state index in [0.29, 0.717) is 0 Å². The first-order valence-electron chi connectivity index (χ1n) is 9.10. The van der Waals surface area contributed by atoms with Crippen molar-refractivity contribution in [3.05, 3.63) is 36.5 Å². The van der Waals surface area contributed by atoms with Gasteiger partial charge in [0.05, 0.1) is 6.54 Å². The van der Waals surface area contributed by atoms with Crippen LogP contribution in [0.2, 0.25) is 0 Å². The number of rotatable bonds is 13. The molecule has 2 nitrogen and oxygen atoms in total. The van der Waals surface area contributed by atoms with Crippen LogP contribution in [-0.4, -0.2) is 19.0 Å². The molecule has 0 fully saturated rings. The van der Waals surface area contributed by atoms with Gasteiger partial charge in [0.1, 0.15) is 6.61 Å². The molecule has 1 aliphatic heterocycles. The summed E-state index contributed by atoms with van der Waals surface area (Å²) in [5.74, 6) is 0.753. The number of aliphatic imine (C=N–C) groups is 1. The normalized spacial score (nSPS) is 15.2. The van der Waals surface area contributed by atoms with E-state index in [4.69, 9.17) is 4.74 Å². The zero-order valence-electron chi connectivity index (χ0n) is 14.3. The summed E-state index contributed by atoms with van der Waals surface area (Å²) in [6.45, 7) is 3.79. The molecule has 0 atom stereocenters. The Bertz CT molecular complexity index is 366. The lowest BCUT2D eigenvalue weighted by Gasteiger charge is -2.00. The number of nitrogens with zero attached hydrogens (tertiary/aromatic N) is 1. The Labute approximate surface area is 137 Å². The van der Waals surface area contributed by atoms with Crippen LogP contribution in [0.3, 0.4) is 0 Å². The number of hydrogen-bond acceptors (Lipinski definition) is 2. The molecule has 0 aromatic rings. The molecule has 124 valence electrons. The highest BCUT2D eigenvalue weighted by Crippen LogP contribution is 2.10. The van der Waals surface area contributed by atoms with E-state index < -0.39 is 0 Å². The zero-order chi connectivity index (χ0) is 15.7. The first kappa shape index (κ1) is 18.7. The Morgan fingerprint density at radius 3 is 2.23 bits per heavy atom. The number of unbranched alkanes of at least 4 members (excludes halogenated alkanes) is 9. The van der Waals surface area contributed by atoms with Gasteiger partial charge in [0.2, 0.25) is 5.90 Å². The summed E-state index contributed by atoms with van der Waals surface area (Å²) in [5, 5.41) is 0. The number of hydrogen-bond donors (Lipinski definition) is 0. The van der Waals surface area contributed by atoms with E-state index in [1.807, 2.05) is 18.2 Å². The van der Waals surface area contributed by atoms with Gasteiger partial charge in [-0.2, -0.15) is 0 Å². The largest absolute Gasteiger partial charge is 0.476 e. The first-order chi connectivity index (χ1) is 10.9. The minimum atomic E-state index is 0.724. The van der Waals surface area contributed by atoms with Gasteiger partial charge in [-0.25, -0.2) is 4.99 Å². The maximum Gasteiger partial charge on any atom is 0.208 e. The van der Waals surface area contributed by atoms with Crippen LogP contribution in [-0.2, 0) is 4.74 Å². The molecule has 0 aromatic heterocycles. The summed E-state index contributed by atoms with van der Waals surface area (Å²) < 4.78 is 5.28. The second-order valence-corrected chi connectivity index (χ2v) is 5.86. The summed E-state index contributed by atoms with van der Waals surface area (Å²) in [7, 11) is 0. The van der Waals surface area contributed by atoms with E-state index in [1.165, 1.54) is 64.2 Å². The molecule has 2 heteroatoms. The van der Waals surface area contributed by atoms with Gasteiger partial charge in [0, 0.05) is 0 Å². The van der Waals surface area contributed by atoms with E-state index in [9.17, 15) is 0 Å². The van der Waals surface area contributed by atoms with Crippen molar-refractivity contribution in [3.8, 4) is 0 Å². The fraction of sp³-hybridized carbons (Fsp3) is 0.650. The van der Waals surface area contributed by atoms with E-state index in [0.717, 1.165) is 19.0 Å². The van der Waals surface area contributed by atoms with Crippen molar-refractivity contribution in [3.63, 3.8) is 0 Å². The van der Waals surface area contributed by atoms with Crippen LogP contribution < -0.4 is 0 Å². The molecule has 0 spiro atoms. The zero-order valence-corrected chi connectivity index (χ0v) is 14.3. The van der Waals surface area contributed by atoms with Gasteiger partial charge in [-0.05, 0) is 18.9 Å². The maximum atomic E-state index is 5.28. The minimum absolute atomic E-state index is 0.724. The van der Waals surface area contributed by atoms with Crippen LogP contribution in [0.1, 0.15) is 71.1 Å². The van der Waals surface area contributed by atoms with Gasteiger partial charge < -0.3 is 4.74 Å². The lowest BCUT2D eigenvalue weighted by Crippen LogP contribution is -1.92. The van der Waals surface area contributed by atoms with Gasteiger partial charge >= 0.3 is 0 Å². The van der Waals surface area contributed by atoms with Gasteiger partial charge in [-0.15, -0.1) is 0 Å². The predicted octanol–water partition coefficient (Wildman–Crippen LogP) is 6.00.